The first-order chi connectivity index (χ1) is 18.4. The van der Waals surface area contributed by atoms with Crippen LogP contribution >= 0.6 is 0 Å². The number of halogens is 4. The van der Waals surface area contributed by atoms with E-state index in [2.05, 4.69) is 16.1 Å². The number of sulfonamides is 1. The Bertz CT molecular complexity index is 1330. The van der Waals surface area contributed by atoms with E-state index in [0.29, 0.717) is 12.1 Å². The lowest BCUT2D eigenvalue weighted by Crippen LogP contribution is -2.35. The molecule has 0 saturated heterocycles. The molecule has 0 bridgehead atoms. The predicted octanol–water partition coefficient (Wildman–Crippen LogP) is 4.00. The predicted molar refractivity (Wildman–Crippen MR) is 134 cm³/mol. The Morgan fingerprint density at radius 2 is 1.56 bits per heavy atom. The number of carboxylic acids is 1. The number of benzene rings is 2. The van der Waals surface area contributed by atoms with Crippen LogP contribution in [0.15, 0.2) is 47.1 Å². The molecule has 9 nitrogen and oxygen atoms in total. The highest BCUT2D eigenvalue weighted by Gasteiger charge is 2.38. The number of hydrogen-bond acceptors (Lipinski definition) is 6. The zero-order valence-corrected chi connectivity index (χ0v) is 21.4. The van der Waals surface area contributed by atoms with E-state index in [1.165, 1.54) is 35.4 Å². The molecule has 0 heterocycles. The second kappa shape index (κ2) is 12.5. The van der Waals surface area contributed by atoms with Crippen LogP contribution in [-0.2, 0) is 40.5 Å². The van der Waals surface area contributed by atoms with Crippen LogP contribution in [-0.4, -0.2) is 44.9 Å². The van der Waals surface area contributed by atoms with Crippen molar-refractivity contribution in [3.63, 3.8) is 0 Å². The van der Waals surface area contributed by atoms with E-state index >= 15 is 0 Å². The molecule has 0 aliphatic heterocycles. The van der Waals surface area contributed by atoms with Crippen LogP contribution < -0.4 is 20.5 Å². The standard InChI is InChI=1S/C23H26FN3O4S.C2HF3O2/c24-12-15(13-25)14-31-18-7-9-19(10-8-18)32(29,30)27-23(28)26-22-20-5-1-3-16(20)11-17-4-2-6-21(17)22;3-2(4,5)1(6)7/h7-12H,1-6,13-14,25H2,(H2,26,27,28);(H,6,7). The van der Waals surface area contributed by atoms with Crippen molar-refractivity contribution < 1.29 is 45.4 Å². The molecule has 4 rings (SSSR count). The van der Waals surface area contributed by atoms with E-state index in [9.17, 15) is 30.8 Å². The molecular weight excluding hydrogens is 546 g/mol. The zero-order valence-electron chi connectivity index (χ0n) is 20.6. The number of aryl methyl sites for hydroxylation is 2. The maximum Gasteiger partial charge on any atom is 0.490 e. The molecule has 212 valence electrons. The number of hydrogen-bond donors (Lipinski definition) is 4. The van der Waals surface area contributed by atoms with Gasteiger partial charge in [-0.15, -0.1) is 0 Å². The molecule has 0 spiro atoms. The van der Waals surface area contributed by atoms with Gasteiger partial charge in [0.2, 0.25) is 0 Å². The molecule has 0 saturated carbocycles. The molecule has 0 atom stereocenters. The van der Waals surface area contributed by atoms with Crippen molar-refractivity contribution in [3.8, 4) is 5.75 Å². The summed E-state index contributed by atoms with van der Waals surface area (Å²) in [4.78, 5) is 21.4. The van der Waals surface area contributed by atoms with Gasteiger partial charge in [0.1, 0.15) is 12.4 Å². The molecule has 2 aliphatic carbocycles. The van der Waals surface area contributed by atoms with Gasteiger partial charge in [0.15, 0.2) is 0 Å². The van der Waals surface area contributed by atoms with Crippen molar-refractivity contribution in [2.75, 3.05) is 18.5 Å². The maximum absolute atomic E-state index is 12.7. The van der Waals surface area contributed by atoms with E-state index in [4.69, 9.17) is 20.4 Å². The third-order valence-corrected chi connectivity index (χ3v) is 7.50. The lowest BCUT2D eigenvalue weighted by molar-refractivity contribution is -0.192. The number of amides is 2. The highest BCUT2D eigenvalue weighted by atomic mass is 32.2. The van der Waals surface area contributed by atoms with Crippen LogP contribution in [0, 0.1) is 0 Å². The number of urea groups is 1. The molecule has 39 heavy (non-hydrogen) atoms. The molecule has 2 aromatic rings. The van der Waals surface area contributed by atoms with E-state index in [-0.39, 0.29) is 23.6 Å². The molecular formula is C25H27F4N3O6S. The summed E-state index contributed by atoms with van der Waals surface area (Å²) >= 11 is 0. The summed E-state index contributed by atoms with van der Waals surface area (Å²) < 4.78 is 77.1. The number of nitrogens with one attached hydrogen (secondary N) is 2. The number of anilines is 1. The molecule has 2 aliphatic rings. The SMILES string of the molecule is NCC(=CF)COc1ccc(S(=O)(=O)NC(=O)Nc2c3c(cc4c2CCC4)CCC3)cc1.O=C(O)C(F)(F)F. The van der Waals surface area contributed by atoms with Gasteiger partial charge in [-0.05, 0) is 85.0 Å². The number of carboxylic acid groups (broad SMARTS) is 1. The van der Waals surface area contributed by atoms with Crippen molar-refractivity contribution in [1.29, 1.82) is 0 Å². The van der Waals surface area contributed by atoms with Gasteiger partial charge in [0.25, 0.3) is 10.0 Å². The van der Waals surface area contributed by atoms with Crippen LogP contribution in [0.25, 0.3) is 0 Å². The van der Waals surface area contributed by atoms with E-state index < -0.39 is 28.2 Å². The summed E-state index contributed by atoms with van der Waals surface area (Å²) in [6, 6.07) is 6.99. The summed E-state index contributed by atoms with van der Waals surface area (Å²) in [5, 5.41) is 9.94. The van der Waals surface area contributed by atoms with Gasteiger partial charge >= 0.3 is 18.2 Å². The molecule has 0 radical (unpaired) electrons. The summed E-state index contributed by atoms with van der Waals surface area (Å²) in [7, 11) is -4.07. The maximum atomic E-state index is 12.7. The average molecular weight is 574 g/mol. The van der Waals surface area contributed by atoms with Gasteiger partial charge < -0.3 is 20.9 Å². The Balaban J connectivity index is 0.000000532. The smallest absolute Gasteiger partial charge is 0.489 e. The highest BCUT2D eigenvalue weighted by Crippen LogP contribution is 2.38. The minimum Gasteiger partial charge on any atom is -0.489 e. The van der Waals surface area contributed by atoms with Gasteiger partial charge in [-0.25, -0.2) is 27.1 Å². The average Bonchev–Trinajstić information content (AvgIpc) is 3.54. The number of carbonyl (C=O) groups excluding carboxylic acids is 1. The second-order valence-corrected chi connectivity index (χ2v) is 10.5. The fourth-order valence-electron chi connectivity index (χ4n) is 4.31. The number of rotatable bonds is 7. The molecule has 0 aromatic heterocycles. The van der Waals surface area contributed by atoms with Crippen LogP contribution in [0.3, 0.4) is 0 Å². The lowest BCUT2D eigenvalue weighted by Gasteiger charge is -2.16. The summed E-state index contributed by atoms with van der Waals surface area (Å²) in [5.41, 5.74) is 11.2. The normalized spacial score (nSPS) is 14.5. The van der Waals surface area contributed by atoms with Crippen molar-refractivity contribution in [1.82, 2.24) is 4.72 Å². The van der Waals surface area contributed by atoms with Crippen LogP contribution in [0.4, 0.5) is 28.0 Å². The first-order valence-corrected chi connectivity index (χ1v) is 13.4. The van der Waals surface area contributed by atoms with Gasteiger partial charge in [0, 0.05) is 17.8 Å². The fraction of sp³-hybridized carbons (Fsp3) is 0.360. The lowest BCUT2D eigenvalue weighted by atomic mass is 9.99. The topological polar surface area (TPSA) is 148 Å². The fourth-order valence-corrected chi connectivity index (χ4v) is 5.22. The van der Waals surface area contributed by atoms with Gasteiger partial charge in [-0.2, -0.15) is 13.2 Å². The Hall–Kier alpha value is -3.65. The van der Waals surface area contributed by atoms with E-state index in [1.807, 2.05) is 0 Å². The Kier molecular flexibility index (Phi) is 9.56. The molecule has 0 unspecified atom stereocenters. The quantitative estimate of drug-likeness (QED) is 0.366. The van der Waals surface area contributed by atoms with Crippen molar-refractivity contribution in [2.45, 2.75) is 49.6 Å². The van der Waals surface area contributed by atoms with Gasteiger partial charge in [-0.3, -0.25) is 0 Å². The third kappa shape index (κ3) is 7.69. The number of fused-ring (bicyclic) bond motifs is 2. The van der Waals surface area contributed by atoms with Crippen molar-refractivity contribution in [2.24, 2.45) is 5.73 Å². The highest BCUT2D eigenvalue weighted by molar-refractivity contribution is 7.90. The van der Waals surface area contributed by atoms with Gasteiger partial charge in [-0.1, -0.05) is 6.07 Å². The summed E-state index contributed by atoms with van der Waals surface area (Å²) in [6.07, 6.45) is 1.12. The van der Waals surface area contributed by atoms with Crippen molar-refractivity contribution in [3.05, 3.63) is 64.5 Å². The largest absolute Gasteiger partial charge is 0.490 e. The van der Waals surface area contributed by atoms with Crippen LogP contribution in [0.1, 0.15) is 35.1 Å². The first-order valence-electron chi connectivity index (χ1n) is 11.9. The third-order valence-electron chi connectivity index (χ3n) is 6.16. The first kappa shape index (κ1) is 29.9. The van der Waals surface area contributed by atoms with Gasteiger partial charge in [0.05, 0.1) is 11.2 Å². The zero-order chi connectivity index (χ0) is 28.8. The number of alkyl halides is 3. The number of aliphatic carboxylic acids is 1. The second-order valence-electron chi connectivity index (χ2n) is 8.83. The Labute approximate surface area is 222 Å². The Morgan fingerprint density at radius 1 is 1.03 bits per heavy atom. The van der Waals surface area contributed by atoms with E-state index in [0.717, 1.165) is 55.3 Å². The minimum absolute atomic E-state index is 0.0236. The molecule has 0 fully saturated rings. The number of ether oxygens (including phenoxy) is 1. The number of carbonyl (C=O) groups is 2. The van der Waals surface area contributed by atoms with E-state index in [1.54, 1.807) is 0 Å². The molecule has 14 heteroatoms. The Morgan fingerprint density at radius 3 is 2.03 bits per heavy atom. The number of nitrogens with two attached hydrogens (primary N) is 1. The monoisotopic (exact) mass is 573 g/mol. The van der Waals surface area contributed by atoms with Crippen LogP contribution in [0.2, 0.25) is 0 Å². The molecule has 2 aromatic carbocycles. The van der Waals surface area contributed by atoms with Crippen molar-refractivity contribution >= 4 is 27.7 Å². The molecule has 5 N–H and O–H groups in total. The molecule has 2 amide bonds. The summed E-state index contributed by atoms with van der Waals surface area (Å²) in [5.74, 6) is -2.40. The summed E-state index contributed by atoms with van der Waals surface area (Å²) in [6.45, 7) is -0.0126. The minimum atomic E-state index is -5.08. The van der Waals surface area contributed by atoms with Crippen LogP contribution in [0.5, 0.6) is 5.75 Å².